The molecule has 0 amide bonds. The summed E-state index contributed by atoms with van der Waals surface area (Å²) >= 11 is 0. The molecule has 0 unspecified atom stereocenters. The number of pyridine rings is 1. The van der Waals surface area contributed by atoms with Gasteiger partial charge in [0.15, 0.2) is 0 Å². The van der Waals surface area contributed by atoms with Crippen LogP contribution < -0.4 is 0 Å². The maximum Gasteiger partial charge on any atom is 0.235 e. The minimum Gasteiger partial charge on any atom is -0.306 e. The molecule has 5 heterocycles. The first-order chi connectivity index (χ1) is 22.8. The Morgan fingerprint density at radius 1 is 0.478 bits per heavy atom. The van der Waals surface area contributed by atoms with Crippen molar-refractivity contribution in [2.24, 2.45) is 0 Å². The summed E-state index contributed by atoms with van der Waals surface area (Å²) in [5.41, 5.74) is 9.26. The van der Waals surface area contributed by atoms with Crippen LogP contribution in [-0.2, 0) is 0 Å². The third kappa shape index (κ3) is 2.97. The van der Waals surface area contributed by atoms with Gasteiger partial charge in [0.05, 0.1) is 33.1 Å². The van der Waals surface area contributed by atoms with E-state index < -0.39 is 0 Å². The number of nitrogens with zero attached hydrogens (tertiary/aromatic N) is 5. The average molecular weight is 586 g/mol. The first-order valence-corrected chi connectivity index (χ1v) is 15.6. The molecule has 0 N–H and O–H groups in total. The van der Waals surface area contributed by atoms with Crippen LogP contribution >= 0.6 is 0 Å². The predicted octanol–water partition coefficient (Wildman–Crippen LogP) is 10.1. The number of fused-ring (bicyclic) bond motifs is 13. The van der Waals surface area contributed by atoms with Crippen molar-refractivity contribution in [2.45, 2.75) is 0 Å². The molecule has 0 saturated carbocycles. The van der Waals surface area contributed by atoms with E-state index in [1.54, 1.807) is 0 Å². The van der Waals surface area contributed by atoms with Crippen molar-refractivity contribution in [1.29, 1.82) is 0 Å². The Bertz CT molecular complexity index is 3020. The first kappa shape index (κ1) is 24.0. The Hall–Kier alpha value is -6.33. The fraction of sp³-hybridized carbons (Fsp3) is 0. The SMILES string of the molecule is c1ccc(-c2nc(-n3c4ccc5ccccc5c4c4c3c3cc5ccccc5c5c6ccccc6n4c35)nc3cccnc23)cc1. The molecule has 0 aliphatic rings. The van der Waals surface area contributed by atoms with Gasteiger partial charge in [0.1, 0.15) is 11.2 Å². The van der Waals surface area contributed by atoms with Gasteiger partial charge in [-0.3, -0.25) is 9.55 Å². The van der Waals surface area contributed by atoms with E-state index >= 15 is 0 Å². The van der Waals surface area contributed by atoms with E-state index in [4.69, 9.17) is 15.0 Å². The quantitative estimate of drug-likeness (QED) is 0.203. The number of hydrogen-bond acceptors (Lipinski definition) is 3. The summed E-state index contributed by atoms with van der Waals surface area (Å²) in [6, 6.07) is 47.4. The third-order valence-corrected chi connectivity index (χ3v) is 9.66. The van der Waals surface area contributed by atoms with Crippen LogP contribution in [0.1, 0.15) is 0 Å². The molecule has 212 valence electrons. The minimum absolute atomic E-state index is 0.636. The molecule has 0 spiro atoms. The smallest absolute Gasteiger partial charge is 0.235 e. The summed E-state index contributed by atoms with van der Waals surface area (Å²) in [5, 5.41) is 9.84. The summed E-state index contributed by atoms with van der Waals surface area (Å²) in [7, 11) is 0. The molecule has 0 bridgehead atoms. The lowest BCUT2D eigenvalue weighted by Crippen LogP contribution is -2.04. The Labute approximate surface area is 261 Å². The van der Waals surface area contributed by atoms with Crippen molar-refractivity contribution in [3.8, 4) is 17.2 Å². The highest BCUT2D eigenvalue weighted by Crippen LogP contribution is 2.47. The predicted molar refractivity (Wildman–Crippen MR) is 189 cm³/mol. The number of hydrogen-bond donors (Lipinski definition) is 0. The van der Waals surface area contributed by atoms with Crippen molar-refractivity contribution >= 4 is 81.7 Å². The van der Waals surface area contributed by atoms with Crippen molar-refractivity contribution < 1.29 is 0 Å². The van der Waals surface area contributed by atoms with Gasteiger partial charge in [0, 0.05) is 33.3 Å². The standard InChI is InChI=1S/C41H23N5/c1-2-12-25(13-3-1)36-37-31(18-10-22-42-37)43-41(44-36)46-33-21-20-24-11-4-6-15-27(24)35(33)40-39(46)30-23-26-14-5-7-16-28(26)34-29-17-8-9-19-32(29)45(40)38(30)34/h1-23H. The van der Waals surface area contributed by atoms with Gasteiger partial charge in [-0.25, -0.2) is 9.97 Å². The summed E-state index contributed by atoms with van der Waals surface area (Å²) < 4.78 is 4.79. The van der Waals surface area contributed by atoms with Gasteiger partial charge in [0.25, 0.3) is 0 Å². The van der Waals surface area contributed by atoms with Gasteiger partial charge in [-0.05, 0) is 51.9 Å². The van der Waals surface area contributed by atoms with E-state index in [0.29, 0.717) is 5.95 Å². The van der Waals surface area contributed by atoms with E-state index in [0.717, 1.165) is 33.3 Å². The zero-order chi connectivity index (χ0) is 29.9. The fourth-order valence-corrected chi connectivity index (χ4v) is 7.82. The Balaban J connectivity index is 1.43. The summed E-state index contributed by atoms with van der Waals surface area (Å²) in [5.74, 6) is 0.636. The second-order valence-electron chi connectivity index (χ2n) is 12.0. The van der Waals surface area contributed by atoms with E-state index in [1.807, 2.05) is 36.5 Å². The molecular weight excluding hydrogens is 562 g/mol. The maximum atomic E-state index is 5.34. The molecule has 11 rings (SSSR count). The highest BCUT2D eigenvalue weighted by atomic mass is 15.2. The second-order valence-corrected chi connectivity index (χ2v) is 12.0. The van der Waals surface area contributed by atoms with Crippen molar-refractivity contribution in [3.05, 3.63) is 140 Å². The zero-order valence-corrected chi connectivity index (χ0v) is 24.5. The van der Waals surface area contributed by atoms with Crippen LogP contribution in [0.3, 0.4) is 0 Å². The van der Waals surface area contributed by atoms with Crippen molar-refractivity contribution in [1.82, 2.24) is 23.9 Å². The molecule has 11 aromatic rings. The van der Waals surface area contributed by atoms with Crippen LogP contribution in [0, 0.1) is 0 Å². The summed E-state index contributed by atoms with van der Waals surface area (Å²) in [6.45, 7) is 0. The molecule has 5 heteroatoms. The van der Waals surface area contributed by atoms with Gasteiger partial charge in [-0.2, -0.15) is 0 Å². The molecule has 5 nitrogen and oxygen atoms in total. The molecule has 6 aromatic carbocycles. The number of benzene rings is 6. The maximum absolute atomic E-state index is 5.34. The molecule has 0 radical (unpaired) electrons. The van der Waals surface area contributed by atoms with Crippen LogP contribution in [0.2, 0.25) is 0 Å². The van der Waals surface area contributed by atoms with Crippen LogP contribution in [0.25, 0.3) is 98.9 Å². The third-order valence-electron chi connectivity index (χ3n) is 9.66. The van der Waals surface area contributed by atoms with E-state index in [-0.39, 0.29) is 0 Å². The van der Waals surface area contributed by atoms with Crippen molar-refractivity contribution in [2.75, 3.05) is 0 Å². The van der Waals surface area contributed by atoms with Crippen LogP contribution in [0.5, 0.6) is 0 Å². The van der Waals surface area contributed by atoms with Crippen LogP contribution in [0.15, 0.2) is 140 Å². The molecule has 5 aromatic heterocycles. The summed E-state index contributed by atoms with van der Waals surface area (Å²) in [6.07, 6.45) is 1.82. The van der Waals surface area contributed by atoms with E-state index in [9.17, 15) is 0 Å². The minimum atomic E-state index is 0.636. The second kappa shape index (κ2) is 8.65. The number of rotatable bonds is 2. The lowest BCUT2D eigenvalue weighted by molar-refractivity contribution is 1.01. The molecule has 0 aliphatic carbocycles. The lowest BCUT2D eigenvalue weighted by Gasteiger charge is -2.11. The Morgan fingerprint density at radius 2 is 1.22 bits per heavy atom. The molecule has 0 atom stereocenters. The van der Waals surface area contributed by atoms with Crippen molar-refractivity contribution in [3.63, 3.8) is 0 Å². The summed E-state index contributed by atoms with van der Waals surface area (Å²) in [4.78, 5) is 15.3. The first-order valence-electron chi connectivity index (χ1n) is 15.6. The highest BCUT2D eigenvalue weighted by molar-refractivity contribution is 6.35. The van der Waals surface area contributed by atoms with Gasteiger partial charge in [-0.1, -0.05) is 103 Å². The van der Waals surface area contributed by atoms with E-state index in [1.165, 1.54) is 59.6 Å². The molecule has 0 fully saturated rings. The molecule has 0 aliphatic heterocycles. The van der Waals surface area contributed by atoms with Gasteiger partial charge in [-0.15, -0.1) is 0 Å². The Kier molecular flexibility index (Phi) is 4.52. The van der Waals surface area contributed by atoms with Gasteiger partial charge in [0.2, 0.25) is 5.95 Å². The van der Waals surface area contributed by atoms with Crippen LogP contribution in [0.4, 0.5) is 0 Å². The van der Waals surface area contributed by atoms with Crippen LogP contribution in [-0.4, -0.2) is 23.9 Å². The number of aromatic nitrogens is 5. The van der Waals surface area contributed by atoms with Gasteiger partial charge >= 0.3 is 0 Å². The normalized spacial score (nSPS) is 12.3. The van der Waals surface area contributed by atoms with E-state index in [2.05, 4.69) is 112 Å². The zero-order valence-electron chi connectivity index (χ0n) is 24.5. The largest absolute Gasteiger partial charge is 0.306 e. The monoisotopic (exact) mass is 585 g/mol. The molecular formula is C41H23N5. The number of para-hydroxylation sites is 1. The van der Waals surface area contributed by atoms with Gasteiger partial charge < -0.3 is 4.40 Å². The topological polar surface area (TPSA) is 48.0 Å². The highest BCUT2D eigenvalue weighted by Gasteiger charge is 2.27. The Morgan fingerprint density at radius 3 is 2.09 bits per heavy atom. The molecule has 46 heavy (non-hydrogen) atoms. The average Bonchev–Trinajstić information content (AvgIpc) is 3.75. The molecule has 0 saturated heterocycles. The lowest BCUT2D eigenvalue weighted by atomic mass is 10.0. The fourth-order valence-electron chi connectivity index (χ4n) is 7.82.